The number of non-ortho nitro benzene ring substituents is 1. The molecule has 0 aliphatic rings. The first-order chi connectivity index (χ1) is 10.2. The van der Waals surface area contributed by atoms with Crippen molar-refractivity contribution in [1.29, 1.82) is 0 Å². The molecule has 0 aromatic heterocycles. The van der Waals surface area contributed by atoms with Crippen LogP contribution in [0.25, 0.3) is 0 Å². The molecule has 6 nitrogen and oxygen atoms in total. The average Bonchev–Trinajstić information content (AvgIpc) is 2.52. The number of benzene rings is 2. The van der Waals surface area contributed by atoms with E-state index in [1.807, 2.05) is 36.4 Å². The van der Waals surface area contributed by atoms with Crippen LogP contribution in [0.1, 0.15) is 0 Å². The van der Waals surface area contributed by atoms with Crippen LogP contribution >= 0.6 is 0 Å². The van der Waals surface area contributed by atoms with Gasteiger partial charge in [-0.1, -0.05) is 18.2 Å². The Morgan fingerprint density at radius 1 is 1.14 bits per heavy atom. The van der Waals surface area contributed by atoms with E-state index in [0.717, 1.165) is 5.75 Å². The molecule has 110 valence electrons. The molecule has 0 radical (unpaired) electrons. The van der Waals surface area contributed by atoms with Crippen molar-refractivity contribution in [2.75, 3.05) is 30.8 Å². The second kappa shape index (κ2) is 7.14. The van der Waals surface area contributed by atoms with Gasteiger partial charge in [0.25, 0.3) is 5.69 Å². The van der Waals surface area contributed by atoms with E-state index in [1.165, 1.54) is 12.1 Å². The number of nitrogens with one attached hydrogen (secondary N) is 2. The maximum absolute atomic E-state index is 10.9. The smallest absolute Gasteiger partial charge is 0.273 e. The number of hydrogen-bond donors (Lipinski definition) is 2. The summed E-state index contributed by atoms with van der Waals surface area (Å²) in [5, 5.41) is 16.9. The highest BCUT2D eigenvalue weighted by Gasteiger charge is 2.08. The van der Waals surface area contributed by atoms with E-state index in [9.17, 15) is 10.1 Å². The first-order valence-electron chi connectivity index (χ1n) is 6.58. The van der Waals surface area contributed by atoms with Crippen molar-refractivity contribution in [2.24, 2.45) is 0 Å². The third-order valence-electron chi connectivity index (χ3n) is 2.86. The second-order valence-electron chi connectivity index (χ2n) is 4.36. The van der Waals surface area contributed by atoms with Gasteiger partial charge in [0.1, 0.15) is 12.4 Å². The minimum atomic E-state index is -0.410. The van der Waals surface area contributed by atoms with Gasteiger partial charge in [0, 0.05) is 37.1 Å². The number of para-hydroxylation sites is 1. The Kier molecular flexibility index (Phi) is 4.98. The Hall–Kier alpha value is -2.76. The van der Waals surface area contributed by atoms with Gasteiger partial charge in [0.15, 0.2) is 0 Å². The normalized spacial score (nSPS) is 9.95. The fourth-order valence-corrected chi connectivity index (χ4v) is 1.84. The van der Waals surface area contributed by atoms with E-state index in [0.29, 0.717) is 24.5 Å². The molecule has 0 atom stereocenters. The van der Waals surface area contributed by atoms with Crippen molar-refractivity contribution in [1.82, 2.24) is 0 Å². The molecule has 0 saturated carbocycles. The molecule has 0 saturated heterocycles. The molecule has 0 unspecified atom stereocenters. The Labute approximate surface area is 122 Å². The lowest BCUT2D eigenvalue weighted by atomic mass is 10.2. The van der Waals surface area contributed by atoms with Crippen molar-refractivity contribution in [3.05, 3.63) is 58.6 Å². The van der Waals surface area contributed by atoms with E-state index in [1.54, 1.807) is 7.05 Å². The van der Waals surface area contributed by atoms with Gasteiger partial charge in [0.05, 0.1) is 4.92 Å². The highest BCUT2D eigenvalue weighted by molar-refractivity contribution is 5.63. The molecule has 0 aliphatic carbocycles. The van der Waals surface area contributed by atoms with Crippen LogP contribution < -0.4 is 15.4 Å². The number of ether oxygens (including phenoxy) is 1. The zero-order chi connectivity index (χ0) is 15.1. The summed E-state index contributed by atoms with van der Waals surface area (Å²) in [6.45, 7) is 1.03. The molecule has 0 amide bonds. The van der Waals surface area contributed by atoms with Gasteiger partial charge in [-0.15, -0.1) is 0 Å². The summed E-state index contributed by atoms with van der Waals surface area (Å²) in [5.41, 5.74) is 1.43. The first-order valence-corrected chi connectivity index (χ1v) is 6.58. The van der Waals surface area contributed by atoms with Crippen molar-refractivity contribution in [2.45, 2.75) is 0 Å². The highest BCUT2D eigenvalue weighted by Crippen LogP contribution is 2.23. The van der Waals surface area contributed by atoms with Crippen molar-refractivity contribution >= 4 is 17.1 Å². The van der Waals surface area contributed by atoms with Crippen LogP contribution in [-0.4, -0.2) is 25.1 Å². The summed E-state index contributed by atoms with van der Waals surface area (Å²) in [6.07, 6.45) is 0. The van der Waals surface area contributed by atoms with Crippen LogP contribution in [0, 0.1) is 10.1 Å². The Morgan fingerprint density at radius 2 is 1.86 bits per heavy atom. The van der Waals surface area contributed by atoms with E-state index in [4.69, 9.17) is 4.74 Å². The zero-order valence-corrected chi connectivity index (χ0v) is 11.7. The third kappa shape index (κ3) is 4.38. The topological polar surface area (TPSA) is 76.4 Å². The predicted molar refractivity (Wildman–Crippen MR) is 83.1 cm³/mol. The van der Waals surface area contributed by atoms with Crippen molar-refractivity contribution in [3.8, 4) is 5.75 Å². The molecule has 2 aromatic carbocycles. The number of hydrogen-bond acceptors (Lipinski definition) is 5. The molecule has 0 heterocycles. The summed E-state index contributed by atoms with van der Waals surface area (Å²) in [7, 11) is 1.72. The van der Waals surface area contributed by atoms with E-state index < -0.39 is 4.92 Å². The fraction of sp³-hybridized carbons (Fsp3) is 0.200. The molecular weight excluding hydrogens is 270 g/mol. The average molecular weight is 287 g/mol. The minimum absolute atomic E-state index is 0.0494. The van der Waals surface area contributed by atoms with Gasteiger partial charge in [-0.3, -0.25) is 10.1 Å². The SMILES string of the molecule is CNc1cc(NCCOc2ccccc2)cc([N+](=O)[O-])c1. The summed E-state index contributed by atoms with van der Waals surface area (Å²) in [4.78, 5) is 10.5. The number of anilines is 2. The monoisotopic (exact) mass is 287 g/mol. The van der Waals surface area contributed by atoms with Crippen molar-refractivity contribution in [3.63, 3.8) is 0 Å². The molecule has 21 heavy (non-hydrogen) atoms. The van der Waals surface area contributed by atoms with Gasteiger partial charge in [0.2, 0.25) is 0 Å². The van der Waals surface area contributed by atoms with E-state index >= 15 is 0 Å². The van der Waals surface area contributed by atoms with Crippen LogP contribution in [0.15, 0.2) is 48.5 Å². The van der Waals surface area contributed by atoms with E-state index in [-0.39, 0.29) is 5.69 Å². The molecule has 2 N–H and O–H groups in total. The van der Waals surface area contributed by atoms with Gasteiger partial charge in [-0.05, 0) is 18.2 Å². The summed E-state index contributed by atoms with van der Waals surface area (Å²) >= 11 is 0. The van der Waals surface area contributed by atoms with Gasteiger partial charge >= 0.3 is 0 Å². The van der Waals surface area contributed by atoms with Gasteiger partial charge in [-0.2, -0.15) is 0 Å². The largest absolute Gasteiger partial charge is 0.492 e. The van der Waals surface area contributed by atoms with Gasteiger partial charge < -0.3 is 15.4 Å². The number of nitro groups is 1. The fourth-order valence-electron chi connectivity index (χ4n) is 1.84. The molecule has 0 bridgehead atoms. The third-order valence-corrected chi connectivity index (χ3v) is 2.86. The maximum Gasteiger partial charge on any atom is 0.273 e. The molecule has 2 rings (SSSR count). The quantitative estimate of drug-likeness (QED) is 0.465. The predicted octanol–water partition coefficient (Wildman–Crippen LogP) is 3.13. The molecule has 0 aliphatic heterocycles. The summed E-state index contributed by atoms with van der Waals surface area (Å²) in [6, 6.07) is 14.3. The molecule has 0 spiro atoms. The highest BCUT2D eigenvalue weighted by atomic mass is 16.6. The van der Waals surface area contributed by atoms with E-state index in [2.05, 4.69) is 10.6 Å². The molecule has 0 fully saturated rings. The summed E-state index contributed by atoms with van der Waals surface area (Å²) < 4.78 is 5.55. The standard InChI is InChI=1S/C15H17N3O3/c1-16-12-9-13(11-14(10-12)18(19)20)17-7-8-21-15-5-3-2-4-6-15/h2-6,9-11,16-17H,7-8H2,1H3. The van der Waals surface area contributed by atoms with Crippen LogP contribution in [0.5, 0.6) is 5.75 Å². The molecule has 2 aromatic rings. The van der Waals surface area contributed by atoms with Crippen LogP contribution in [-0.2, 0) is 0 Å². The van der Waals surface area contributed by atoms with Gasteiger partial charge in [-0.25, -0.2) is 0 Å². The number of rotatable bonds is 7. The van der Waals surface area contributed by atoms with Crippen LogP contribution in [0.4, 0.5) is 17.1 Å². The lowest BCUT2D eigenvalue weighted by molar-refractivity contribution is -0.384. The number of nitrogens with zero attached hydrogens (tertiary/aromatic N) is 1. The Morgan fingerprint density at radius 3 is 2.52 bits per heavy atom. The Bertz CT molecular complexity index is 602. The lowest BCUT2D eigenvalue weighted by Gasteiger charge is -2.10. The maximum atomic E-state index is 10.9. The first kappa shape index (κ1) is 14.6. The summed E-state index contributed by atoms with van der Waals surface area (Å²) in [5.74, 6) is 0.800. The lowest BCUT2D eigenvalue weighted by Crippen LogP contribution is -2.11. The Balaban J connectivity index is 1.90. The van der Waals surface area contributed by atoms with Crippen LogP contribution in [0.3, 0.4) is 0 Å². The zero-order valence-electron chi connectivity index (χ0n) is 11.7. The minimum Gasteiger partial charge on any atom is -0.492 e. The molecular formula is C15H17N3O3. The number of nitro benzene ring substituents is 1. The molecule has 6 heteroatoms. The second-order valence-corrected chi connectivity index (χ2v) is 4.36. The van der Waals surface area contributed by atoms with Crippen LogP contribution in [0.2, 0.25) is 0 Å². The van der Waals surface area contributed by atoms with Crippen molar-refractivity contribution < 1.29 is 9.66 Å².